The Balaban J connectivity index is 1.52. The molecule has 2 fully saturated rings. The average molecular weight is 341 g/mol. The smallest absolute Gasteiger partial charge is 0.228 e. The van der Waals surface area contributed by atoms with Crippen LogP contribution in [-0.4, -0.2) is 34.8 Å². The number of anilines is 1. The van der Waals surface area contributed by atoms with Gasteiger partial charge in [-0.2, -0.15) is 0 Å². The number of benzene rings is 1. The Morgan fingerprint density at radius 2 is 2.04 bits per heavy atom. The van der Waals surface area contributed by atoms with Crippen LogP contribution in [0.3, 0.4) is 0 Å². The van der Waals surface area contributed by atoms with E-state index in [9.17, 15) is 14.0 Å². The number of likely N-dealkylation sites (tertiary alicyclic amines) is 1. The van der Waals surface area contributed by atoms with Gasteiger partial charge in [-0.05, 0) is 37.1 Å². The maximum Gasteiger partial charge on any atom is 0.228 e. The fourth-order valence-electron chi connectivity index (χ4n) is 3.92. The fraction of sp³-hybridized carbons (Fsp3) is 0.368. The Hall–Kier alpha value is -2.63. The van der Waals surface area contributed by atoms with Gasteiger partial charge >= 0.3 is 0 Å². The number of carbonyl (C=O) groups excluding carboxylic acids is 2. The second-order valence-electron chi connectivity index (χ2n) is 6.67. The molecule has 6 heteroatoms. The molecule has 0 aliphatic carbocycles. The van der Waals surface area contributed by atoms with Crippen molar-refractivity contribution in [2.75, 3.05) is 18.0 Å². The summed E-state index contributed by atoms with van der Waals surface area (Å²) in [5, 5.41) is 0. The van der Waals surface area contributed by atoms with Crippen LogP contribution >= 0.6 is 0 Å². The molecule has 5 nitrogen and oxygen atoms in total. The van der Waals surface area contributed by atoms with Crippen molar-refractivity contribution in [3.63, 3.8) is 0 Å². The zero-order valence-corrected chi connectivity index (χ0v) is 13.8. The molecule has 2 aliphatic heterocycles. The number of hydrogen-bond acceptors (Lipinski definition) is 2. The van der Waals surface area contributed by atoms with Crippen LogP contribution in [0.4, 0.5) is 10.1 Å². The zero-order valence-electron chi connectivity index (χ0n) is 13.8. The van der Waals surface area contributed by atoms with E-state index in [1.165, 1.54) is 11.0 Å². The average Bonchev–Trinajstić information content (AvgIpc) is 3.35. The van der Waals surface area contributed by atoms with Gasteiger partial charge in [0.25, 0.3) is 0 Å². The molecule has 4 rings (SSSR count). The number of hydrogen-bond donors (Lipinski definition) is 1. The summed E-state index contributed by atoms with van der Waals surface area (Å²) in [7, 11) is 0. The summed E-state index contributed by atoms with van der Waals surface area (Å²) in [5.41, 5.74) is 1.28. The lowest BCUT2D eigenvalue weighted by atomic mass is 10.1. The van der Waals surface area contributed by atoms with Gasteiger partial charge in [0.15, 0.2) is 0 Å². The van der Waals surface area contributed by atoms with Crippen molar-refractivity contribution >= 4 is 17.5 Å². The quantitative estimate of drug-likeness (QED) is 0.933. The fourth-order valence-corrected chi connectivity index (χ4v) is 3.92. The highest BCUT2D eigenvalue weighted by atomic mass is 19.1. The highest BCUT2D eigenvalue weighted by Gasteiger charge is 2.41. The number of halogens is 1. The highest BCUT2D eigenvalue weighted by molar-refractivity contribution is 6.00. The molecule has 0 bridgehead atoms. The van der Waals surface area contributed by atoms with Crippen LogP contribution < -0.4 is 4.90 Å². The van der Waals surface area contributed by atoms with E-state index in [4.69, 9.17) is 0 Å². The van der Waals surface area contributed by atoms with Gasteiger partial charge in [0.2, 0.25) is 11.8 Å². The number of nitrogens with one attached hydrogen (secondary N) is 1. The van der Waals surface area contributed by atoms with E-state index >= 15 is 0 Å². The molecule has 1 aromatic carbocycles. The number of aromatic amines is 1. The minimum Gasteiger partial charge on any atom is -0.363 e. The van der Waals surface area contributed by atoms with Gasteiger partial charge < -0.3 is 14.8 Å². The van der Waals surface area contributed by atoms with Crippen molar-refractivity contribution in [2.24, 2.45) is 5.92 Å². The lowest BCUT2D eigenvalue weighted by molar-refractivity contribution is -0.136. The number of para-hydroxylation sites is 1. The number of amides is 2. The molecule has 2 atom stereocenters. The molecule has 2 aliphatic rings. The first-order chi connectivity index (χ1) is 12.1. The van der Waals surface area contributed by atoms with Crippen molar-refractivity contribution in [1.29, 1.82) is 0 Å². The molecule has 2 aromatic rings. The Bertz CT molecular complexity index is 790. The van der Waals surface area contributed by atoms with E-state index < -0.39 is 11.7 Å². The molecule has 2 saturated heterocycles. The number of H-pyrrole nitrogens is 1. The van der Waals surface area contributed by atoms with Crippen LogP contribution in [0.25, 0.3) is 0 Å². The maximum atomic E-state index is 14.0. The molecule has 0 radical (unpaired) electrons. The molecule has 1 aromatic heterocycles. The Labute approximate surface area is 145 Å². The van der Waals surface area contributed by atoms with E-state index in [2.05, 4.69) is 4.98 Å². The van der Waals surface area contributed by atoms with Crippen LogP contribution in [-0.2, 0) is 9.59 Å². The monoisotopic (exact) mass is 341 g/mol. The van der Waals surface area contributed by atoms with Crippen LogP contribution in [0.15, 0.2) is 42.6 Å². The Kier molecular flexibility index (Phi) is 4.03. The largest absolute Gasteiger partial charge is 0.363 e. The van der Waals surface area contributed by atoms with Crippen molar-refractivity contribution in [1.82, 2.24) is 9.88 Å². The van der Waals surface area contributed by atoms with Crippen LogP contribution in [0, 0.1) is 11.7 Å². The van der Waals surface area contributed by atoms with Gasteiger partial charge in [-0.15, -0.1) is 0 Å². The van der Waals surface area contributed by atoms with Crippen molar-refractivity contribution < 1.29 is 14.0 Å². The van der Waals surface area contributed by atoms with Gasteiger partial charge in [0, 0.05) is 31.4 Å². The summed E-state index contributed by atoms with van der Waals surface area (Å²) in [6, 6.07) is 10.2. The van der Waals surface area contributed by atoms with E-state index in [1.807, 2.05) is 23.2 Å². The van der Waals surface area contributed by atoms with E-state index in [1.54, 1.807) is 18.2 Å². The van der Waals surface area contributed by atoms with E-state index in [0.29, 0.717) is 6.54 Å². The van der Waals surface area contributed by atoms with Gasteiger partial charge in [-0.25, -0.2) is 4.39 Å². The summed E-state index contributed by atoms with van der Waals surface area (Å²) in [6.07, 6.45) is 3.87. The van der Waals surface area contributed by atoms with Gasteiger partial charge in [-0.1, -0.05) is 12.1 Å². The third kappa shape index (κ3) is 2.81. The first-order valence-corrected chi connectivity index (χ1v) is 8.64. The lowest BCUT2D eigenvalue weighted by Crippen LogP contribution is -2.37. The molecule has 0 saturated carbocycles. The molecule has 2 unspecified atom stereocenters. The topological polar surface area (TPSA) is 56.4 Å². The second kappa shape index (κ2) is 6.35. The highest BCUT2D eigenvalue weighted by Crippen LogP contribution is 2.35. The Morgan fingerprint density at radius 3 is 2.80 bits per heavy atom. The SMILES string of the molecule is O=C1CC(C(=O)N2CCCC2c2ccc[nH]2)CN1c1ccccc1F. The number of carbonyl (C=O) groups is 2. The predicted molar refractivity (Wildman–Crippen MR) is 91.3 cm³/mol. The molecular weight excluding hydrogens is 321 g/mol. The third-order valence-corrected chi connectivity index (χ3v) is 5.13. The molecule has 3 heterocycles. The first-order valence-electron chi connectivity index (χ1n) is 8.64. The van der Waals surface area contributed by atoms with Crippen molar-refractivity contribution in [3.05, 3.63) is 54.1 Å². The maximum absolute atomic E-state index is 14.0. The minimum atomic E-state index is -0.436. The van der Waals surface area contributed by atoms with Gasteiger partial charge in [0.05, 0.1) is 17.6 Å². The van der Waals surface area contributed by atoms with E-state index in [-0.39, 0.29) is 36.5 Å². The van der Waals surface area contributed by atoms with Gasteiger partial charge in [0.1, 0.15) is 5.82 Å². The summed E-state index contributed by atoms with van der Waals surface area (Å²) >= 11 is 0. The lowest BCUT2D eigenvalue weighted by Gasteiger charge is -2.27. The summed E-state index contributed by atoms with van der Waals surface area (Å²) in [5.74, 6) is -1.06. The Morgan fingerprint density at radius 1 is 1.20 bits per heavy atom. The molecule has 2 amide bonds. The summed E-state index contributed by atoms with van der Waals surface area (Å²) < 4.78 is 14.0. The van der Waals surface area contributed by atoms with Crippen LogP contribution in [0.1, 0.15) is 31.0 Å². The number of rotatable bonds is 3. The second-order valence-corrected chi connectivity index (χ2v) is 6.67. The first kappa shape index (κ1) is 15.9. The predicted octanol–water partition coefficient (Wildman–Crippen LogP) is 2.87. The summed E-state index contributed by atoms with van der Waals surface area (Å²) in [4.78, 5) is 31.8. The number of aromatic nitrogens is 1. The number of nitrogens with zero attached hydrogens (tertiary/aromatic N) is 2. The minimum absolute atomic E-state index is 0.00992. The van der Waals surface area contributed by atoms with Crippen LogP contribution in [0.2, 0.25) is 0 Å². The molecular formula is C19H20FN3O2. The van der Waals surface area contributed by atoms with Crippen molar-refractivity contribution in [3.8, 4) is 0 Å². The summed E-state index contributed by atoms with van der Waals surface area (Å²) in [6.45, 7) is 0.944. The normalized spacial score (nSPS) is 23.5. The molecule has 1 N–H and O–H groups in total. The molecule has 0 spiro atoms. The van der Waals surface area contributed by atoms with Gasteiger partial charge in [-0.3, -0.25) is 9.59 Å². The van der Waals surface area contributed by atoms with E-state index in [0.717, 1.165) is 18.5 Å². The molecule has 130 valence electrons. The van der Waals surface area contributed by atoms with Crippen molar-refractivity contribution in [2.45, 2.75) is 25.3 Å². The zero-order chi connectivity index (χ0) is 17.4. The van der Waals surface area contributed by atoms with Crippen LogP contribution in [0.5, 0.6) is 0 Å². The standard InChI is InChI=1S/C19H20FN3O2/c20-14-5-1-2-7-16(14)23-12-13(11-18(23)24)19(25)22-10-4-8-17(22)15-6-3-9-21-15/h1-3,5-7,9,13,17,21H,4,8,10-12H2. The third-order valence-electron chi connectivity index (χ3n) is 5.13. The molecule has 25 heavy (non-hydrogen) atoms.